The van der Waals surface area contributed by atoms with Crippen molar-refractivity contribution in [2.45, 2.75) is 25.9 Å². The molecule has 0 aliphatic heterocycles. The van der Waals surface area contributed by atoms with E-state index in [-0.39, 0.29) is 6.10 Å². The molecule has 0 aliphatic carbocycles. The zero-order chi connectivity index (χ0) is 7.11. The minimum atomic E-state index is -0.251. The van der Waals surface area contributed by atoms with Gasteiger partial charge < -0.3 is 10.4 Å². The first-order valence-electron chi connectivity index (χ1n) is 3.12. The standard InChI is InChI=1S/C6H13NO2/c1-6(9)3-2-4-7-5-8/h5-6,9H,2-4H2,1H3,(H,7,8). The Bertz CT molecular complexity index is 73.5. The number of hydrogen-bond donors (Lipinski definition) is 2. The van der Waals surface area contributed by atoms with Gasteiger partial charge in [-0.1, -0.05) is 0 Å². The van der Waals surface area contributed by atoms with Crippen LogP contribution in [0.4, 0.5) is 0 Å². The molecule has 0 fully saturated rings. The van der Waals surface area contributed by atoms with Gasteiger partial charge >= 0.3 is 0 Å². The highest BCUT2D eigenvalue weighted by atomic mass is 16.3. The molecule has 0 rings (SSSR count). The summed E-state index contributed by atoms with van der Waals surface area (Å²) in [4.78, 5) is 9.68. The smallest absolute Gasteiger partial charge is 0.207 e. The summed E-state index contributed by atoms with van der Waals surface area (Å²) in [6.45, 7) is 2.40. The van der Waals surface area contributed by atoms with E-state index >= 15 is 0 Å². The topological polar surface area (TPSA) is 49.3 Å². The molecule has 3 nitrogen and oxygen atoms in total. The van der Waals surface area contributed by atoms with Crippen molar-refractivity contribution in [2.75, 3.05) is 6.54 Å². The molecule has 54 valence electrons. The molecule has 0 bridgehead atoms. The van der Waals surface area contributed by atoms with Crippen molar-refractivity contribution in [3.05, 3.63) is 0 Å². The molecule has 1 unspecified atom stereocenters. The van der Waals surface area contributed by atoms with Gasteiger partial charge in [0.25, 0.3) is 0 Å². The molecule has 9 heavy (non-hydrogen) atoms. The van der Waals surface area contributed by atoms with Crippen LogP contribution in [0.1, 0.15) is 19.8 Å². The second-order valence-electron chi connectivity index (χ2n) is 2.06. The third kappa shape index (κ3) is 7.43. The molecule has 0 aromatic heterocycles. The SMILES string of the molecule is CC(O)CCCNC=O. The Morgan fingerprint density at radius 3 is 2.89 bits per heavy atom. The van der Waals surface area contributed by atoms with Crippen LogP contribution >= 0.6 is 0 Å². The van der Waals surface area contributed by atoms with Crippen LogP contribution in [0.25, 0.3) is 0 Å². The van der Waals surface area contributed by atoms with E-state index in [1.54, 1.807) is 6.92 Å². The van der Waals surface area contributed by atoms with E-state index in [0.29, 0.717) is 13.0 Å². The van der Waals surface area contributed by atoms with E-state index < -0.39 is 0 Å². The van der Waals surface area contributed by atoms with Gasteiger partial charge in [0.1, 0.15) is 0 Å². The van der Waals surface area contributed by atoms with Gasteiger partial charge in [-0.25, -0.2) is 0 Å². The average Bonchev–Trinajstić information content (AvgIpc) is 1.80. The Balaban J connectivity index is 2.82. The lowest BCUT2D eigenvalue weighted by molar-refractivity contribution is -0.109. The molecular formula is C6H13NO2. The third-order valence-corrected chi connectivity index (χ3v) is 1.03. The van der Waals surface area contributed by atoms with Crippen LogP contribution in [-0.4, -0.2) is 24.2 Å². The summed E-state index contributed by atoms with van der Waals surface area (Å²) in [5, 5.41) is 11.2. The van der Waals surface area contributed by atoms with Crippen LogP contribution in [0.3, 0.4) is 0 Å². The Labute approximate surface area is 55.1 Å². The molecule has 2 N–H and O–H groups in total. The Kier molecular flexibility index (Phi) is 5.21. The first kappa shape index (κ1) is 8.43. The average molecular weight is 131 g/mol. The molecule has 0 saturated carbocycles. The van der Waals surface area contributed by atoms with Crippen molar-refractivity contribution in [1.82, 2.24) is 5.32 Å². The molecule has 0 radical (unpaired) electrons. The first-order valence-corrected chi connectivity index (χ1v) is 3.12. The van der Waals surface area contributed by atoms with Gasteiger partial charge in [0.15, 0.2) is 0 Å². The van der Waals surface area contributed by atoms with E-state index in [1.165, 1.54) is 0 Å². The summed E-state index contributed by atoms with van der Waals surface area (Å²) in [6.07, 6.45) is 2.01. The zero-order valence-corrected chi connectivity index (χ0v) is 5.63. The molecule has 0 saturated heterocycles. The molecule has 0 spiro atoms. The van der Waals surface area contributed by atoms with Gasteiger partial charge in [-0.05, 0) is 19.8 Å². The number of hydrogen-bond acceptors (Lipinski definition) is 2. The number of aliphatic hydroxyl groups excluding tert-OH is 1. The Hall–Kier alpha value is -0.570. The second kappa shape index (κ2) is 5.56. The highest BCUT2D eigenvalue weighted by Gasteiger charge is 1.92. The number of amides is 1. The van der Waals surface area contributed by atoms with Crippen LogP contribution in [0.15, 0.2) is 0 Å². The minimum absolute atomic E-state index is 0.251. The van der Waals surface area contributed by atoms with Crippen molar-refractivity contribution >= 4 is 6.41 Å². The maximum absolute atomic E-state index is 9.68. The molecule has 1 amide bonds. The van der Waals surface area contributed by atoms with Crippen molar-refractivity contribution in [1.29, 1.82) is 0 Å². The summed E-state index contributed by atoms with van der Waals surface area (Å²) in [7, 11) is 0. The largest absolute Gasteiger partial charge is 0.393 e. The lowest BCUT2D eigenvalue weighted by Gasteiger charge is -2.01. The van der Waals surface area contributed by atoms with E-state index in [9.17, 15) is 4.79 Å². The summed E-state index contributed by atoms with van der Waals surface area (Å²) in [5.74, 6) is 0. The molecule has 0 aromatic rings. The molecule has 1 atom stereocenters. The summed E-state index contributed by atoms with van der Waals surface area (Å²) in [5.41, 5.74) is 0. The van der Waals surface area contributed by atoms with Crippen LogP contribution in [0, 0.1) is 0 Å². The number of carbonyl (C=O) groups is 1. The Morgan fingerprint density at radius 1 is 1.78 bits per heavy atom. The number of carbonyl (C=O) groups excluding carboxylic acids is 1. The van der Waals surface area contributed by atoms with Gasteiger partial charge in [0.05, 0.1) is 6.10 Å². The van der Waals surface area contributed by atoms with E-state index in [4.69, 9.17) is 5.11 Å². The van der Waals surface area contributed by atoms with Crippen molar-refractivity contribution < 1.29 is 9.90 Å². The second-order valence-corrected chi connectivity index (χ2v) is 2.06. The minimum Gasteiger partial charge on any atom is -0.393 e. The lowest BCUT2D eigenvalue weighted by Crippen LogP contribution is -2.13. The number of aliphatic hydroxyl groups is 1. The fourth-order valence-electron chi connectivity index (χ4n) is 0.558. The van der Waals surface area contributed by atoms with Gasteiger partial charge in [-0.15, -0.1) is 0 Å². The maximum Gasteiger partial charge on any atom is 0.207 e. The monoisotopic (exact) mass is 131 g/mol. The summed E-state index contributed by atoms with van der Waals surface area (Å²) in [6, 6.07) is 0. The van der Waals surface area contributed by atoms with Gasteiger partial charge in [0, 0.05) is 6.54 Å². The van der Waals surface area contributed by atoms with Crippen molar-refractivity contribution in [3.8, 4) is 0 Å². The summed E-state index contributed by atoms with van der Waals surface area (Å²) >= 11 is 0. The molecule has 0 aromatic carbocycles. The van der Waals surface area contributed by atoms with Gasteiger partial charge in [-0.2, -0.15) is 0 Å². The molecular weight excluding hydrogens is 118 g/mol. The number of rotatable bonds is 5. The molecule has 0 heterocycles. The lowest BCUT2D eigenvalue weighted by atomic mass is 10.2. The predicted molar refractivity (Wildman–Crippen MR) is 35.0 cm³/mol. The quantitative estimate of drug-likeness (QED) is 0.404. The van der Waals surface area contributed by atoms with Gasteiger partial charge in [-0.3, -0.25) is 4.79 Å². The maximum atomic E-state index is 9.68. The van der Waals surface area contributed by atoms with Gasteiger partial charge in [0.2, 0.25) is 6.41 Å². The highest BCUT2D eigenvalue weighted by Crippen LogP contribution is 1.92. The fourth-order valence-corrected chi connectivity index (χ4v) is 0.558. The van der Waals surface area contributed by atoms with E-state index in [0.717, 1.165) is 12.8 Å². The fraction of sp³-hybridized carbons (Fsp3) is 0.833. The zero-order valence-electron chi connectivity index (χ0n) is 5.63. The summed E-state index contributed by atoms with van der Waals surface area (Å²) < 4.78 is 0. The first-order chi connectivity index (χ1) is 4.27. The van der Waals surface area contributed by atoms with Crippen LogP contribution < -0.4 is 5.32 Å². The van der Waals surface area contributed by atoms with Crippen LogP contribution in [0.5, 0.6) is 0 Å². The van der Waals surface area contributed by atoms with E-state index in [2.05, 4.69) is 5.32 Å². The normalized spacial score (nSPS) is 12.7. The number of nitrogens with one attached hydrogen (secondary N) is 1. The third-order valence-electron chi connectivity index (χ3n) is 1.03. The van der Waals surface area contributed by atoms with Crippen molar-refractivity contribution in [2.24, 2.45) is 0 Å². The van der Waals surface area contributed by atoms with Crippen LogP contribution in [0.2, 0.25) is 0 Å². The van der Waals surface area contributed by atoms with Crippen LogP contribution in [-0.2, 0) is 4.79 Å². The Morgan fingerprint density at radius 2 is 2.44 bits per heavy atom. The predicted octanol–water partition coefficient (Wildman–Crippen LogP) is -0.107. The molecule has 3 heteroatoms. The molecule has 0 aliphatic rings. The highest BCUT2D eigenvalue weighted by molar-refractivity contribution is 5.45. The van der Waals surface area contributed by atoms with Crippen molar-refractivity contribution in [3.63, 3.8) is 0 Å². The van der Waals surface area contributed by atoms with E-state index in [1.807, 2.05) is 0 Å².